The summed E-state index contributed by atoms with van der Waals surface area (Å²) in [5, 5.41) is 0.578. The van der Waals surface area contributed by atoms with E-state index < -0.39 is 11.8 Å². The van der Waals surface area contributed by atoms with Crippen molar-refractivity contribution in [2.45, 2.75) is 20.3 Å². The Kier molecular flexibility index (Phi) is 5.50. The van der Waals surface area contributed by atoms with Gasteiger partial charge in [-0.2, -0.15) is 0 Å². The van der Waals surface area contributed by atoms with E-state index in [-0.39, 0.29) is 29.4 Å². The molecule has 0 aliphatic heterocycles. The van der Waals surface area contributed by atoms with E-state index in [0.717, 1.165) is 11.6 Å². The van der Waals surface area contributed by atoms with Crippen molar-refractivity contribution in [3.8, 4) is 5.75 Å². The average molecular weight is 335 g/mol. The number of Topliss-reactive ketones (excluding diaryl/α,β-unsaturated/α-hetero) is 1. The molecule has 0 aliphatic rings. The number of benzene rings is 2. The summed E-state index contributed by atoms with van der Waals surface area (Å²) in [6, 6.07) is 10.4. The molecular weight excluding hydrogens is 319 g/mol. The lowest BCUT2D eigenvalue weighted by atomic mass is 10.0. The van der Waals surface area contributed by atoms with Gasteiger partial charge in [-0.25, -0.2) is 4.39 Å². The summed E-state index contributed by atoms with van der Waals surface area (Å²) in [6.07, 6.45) is 0.106. The van der Waals surface area contributed by atoms with E-state index in [1.54, 1.807) is 38.1 Å². The maximum absolute atomic E-state index is 13.4. The fourth-order valence-electron chi connectivity index (χ4n) is 1.92. The van der Waals surface area contributed by atoms with E-state index in [1.165, 1.54) is 12.1 Å². The first-order valence-electron chi connectivity index (χ1n) is 7.15. The van der Waals surface area contributed by atoms with Crippen LogP contribution in [0.3, 0.4) is 0 Å². The molecule has 0 saturated carbocycles. The van der Waals surface area contributed by atoms with Crippen LogP contribution in [0.15, 0.2) is 42.5 Å². The fraction of sp³-hybridized carbons (Fsp3) is 0.222. The van der Waals surface area contributed by atoms with Gasteiger partial charge < -0.3 is 4.74 Å². The van der Waals surface area contributed by atoms with Crippen LogP contribution in [0, 0.1) is 11.7 Å². The van der Waals surface area contributed by atoms with Gasteiger partial charge in [0.1, 0.15) is 11.6 Å². The van der Waals surface area contributed by atoms with Gasteiger partial charge in [-0.1, -0.05) is 37.6 Å². The number of hydrogen-bond donors (Lipinski definition) is 0. The summed E-state index contributed by atoms with van der Waals surface area (Å²) in [6.45, 7) is 3.33. The Labute approximate surface area is 139 Å². The van der Waals surface area contributed by atoms with Crippen molar-refractivity contribution in [3.05, 3.63) is 64.4 Å². The summed E-state index contributed by atoms with van der Waals surface area (Å²) in [7, 11) is 0. The smallest absolute Gasteiger partial charge is 0.313 e. The molecule has 2 rings (SSSR count). The Bertz CT molecular complexity index is 724. The van der Waals surface area contributed by atoms with Crippen molar-refractivity contribution in [2.24, 2.45) is 5.92 Å². The van der Waals surface area contributed by atoms with E-state index in [0.29, 0.717) is 5.02 Å². The van der Waals surface area contributed by atoms with Gasteiger partial charge in [0.2, 0.25) is 0 Å². The van der Waals surface area contributed by atoms with Crippen LogP contribution in [-0.2, 0) is 11.2 Å². The molecule has 2 aromatic carbocycles. The molecule has 0 aromatic heterocycles. The number of carbonyl (C=O) groups is 2. The van der Waals surface area contributed by atoms with E-state index in [2.05, 4.69) is 0 Å². The summed E-state index contributed by atoms with van der Waals surface area (Å²) in [4.78, 5) is 24.2. The van der Waals surface area contributed by atoms with Crippen molar-refractivity contribution in [1.82, 2.24) is 0 Å². The molecule has 0 atom stereocenters. The van der Waals surface area contributed by atoms with Gasteiger partial charge in [0.25, 0.3) is 0 Å². The molecule has 120 valence electrons. The molecule has 23 heavy (non-hydrogen) atoms. The average Bonchev–Trinajstić information content (AvgIpc) is 2.49. The van der Waals surface area contributed by atoms with Crippen molar-refractivity contribution >= 4 is 23.4 Å². The largest absolute Gasteiger partial charge is 0.425 e. The van der Waals surface area contributed by atoms with Gasteiger partial charge in [0.15, 0.2) is 5.78 Å². The van der Waals surface area contributed by atoms with Gasteiger partial charge in [-0.15, -0.1) is 0 Å². The maximum Gasteiger partial charge on any atom is 0.313 e. The highest BCUT2D eigenvalue weighted by atomic mass is 35.5. The molecule has 0 fully saturated rings. The number of halogens is 2. The number of esters is 1. The predicted octanol–water partition coefficient (Wildman–Crippen LogP) is 4.47. The highest BCUT2D eigenvalue weighted by molar-refractivity contribution is 6.30. The zero-order valence-electron chi connectivity index (χ0n) is 12.8. The van der Waals surface area contributed by atoms with Crippen LogP contribution in [0.25, 0.3) is 0 Å². The molecule has 0 bridgehead atoms. The number of ether oxygens (including phenoxy) is 1. The first-order valence-corrected chi connectivity index (χ1v) is 7.53. The van der Waals surface area contributed by atoms with Crippen LogP contribution < -0.4 is 4.74 Å². The van der Waals surface area contributed by atoms with Gasteiger partial charge >= 0.3 is 5.97 Å². The number of hydrogen-bond acceptors (Lipinski definition) is 3. The lowest BCUT2D eigenvalue weighted by Gasteiger charge is -2.11. The molecule has 3 nitrogen and oxygen atoms in total. The fourth-order valence-corrected chi connectivity index (χ4v) is 2.05. The maximum atomic E-state index is 13.4. The van der Waals surface area contributed by atoms with E-state index in [4.69, 9.17) is 16.3 Å². The first kappa shape index (κ1) is 17.2. The predicted molar refractivity (Wildman–Crippen MR) is 86.4 cm³/mol. The molecule has 5 heteroatoms. The number of rotatable bonds is 5. The minimum Gasteiger partial charge on any atom is -0.425 e. The Morgan fingerprint density at radius 1 is 1.13 bits per heavy atom. The highest BCUT2D eigenvalue weighted by Crippen LogP contribution is 2.23. The molecular formula is C18H16ClFO3. The zero-order chi connectivity index (χ0) is 17.0. The minimum absolute atomic E-state index is 0.0531. The Morgan fingerprint density at radius 3 is 2.39 bits per heavy atom. The molecule has 2 aromatic rings. The third kappa shape index (κ3) is 4.63. The molecule has 0 aliphatic carbocycles. The second kappa shape index (κ2) is 7.38. The van der Waals surface area contributed by atoms with E-state index in [9.17, 15) is 14.0 Å². The molecule has 0 heterocycles. The SMILES string of the molecule is CC(C)C(=O)Oc1cc(F)ccc1C(=O)Cc1ccc(Cl)cc1. The van der Waals surface area contributed by atoms with Crippen molar-refractivity contribution < 1.29 is 18.7 Å². The standard InChI is InChI=1S/C18H16ClFO3/c1-11(2)18(22)23-17-10-14(20)7-8-15(17)16(21)9-12-3-5-13(19)6-4-12/h3-8,10-11H,9H2,1-2H3. The van der Waals surface area contributed by atoms with Crippen molar-refractivity contribution in [1.29, 1.82) is 0 Å². The van der Waals surface area contributed by atoms with Crippen LogP contribution in [-0.4, -0.2) is 11.8 Å². The second-order valence-corrected chi connectivity index (χ2v) is 5.88. The lowest BCUT2D eigenvalue weighted by molar-refractivity contribution is -0.137. The summed E-state index contributed by atoms with van der Waals surface area (Å²) >= 11 is 5.81. The van der Waals surface area contributed by atoms with Gasteiger partial charge in [0.05, 0.1) is 11.5 Å². The van der Waals surface area contributed by atoms with Crippen LogP contribution in [0.4, 0.5) is 4.39 Å². The second-order valence-electron chi connectivity index (χ2n) is 5.44. The lowest BCUT2D eigenvalue weighted by Crippen LogP contribution is -2.17. The monoisotopic (exact) mass is 334 g/mol. The topological polar surface area (TPSA) is 43.4 Å². The normalized spacial score (nSPS) is 10.7. The van der Waals surface area contributed by atoms with Crippen LogP contribution in [0.1, 0.15) is 29.8 Å². The first-order chi connectivity index (χ1) is 10.9. The molecule has 0 unspecified atom stereocenters. The molecule has 0 N–H and O–H groups in total. The zero-order valence-corrected chi connectivity index (χ0v) is 13.6. The van der Waals surface area contributed by atoms with Gasteiger partial charge in [-0.3, -0.25) is 9.59 Å². The van der Waals surface area contributed by atoms with E-state index >= 15 is 0 Å². The van der Waals surface area contributed by atoms with Crippen molar-refractivity contribution in [3.63, 3.8) is 0 Å². The van der Waals surface area contributed by atoms with Crippen LogP contribution in [0.5, 0.6) is 5.75 Å². The summed E-state index contributed by atoms with van der Waals surface area (Å²) in [5.74, 6) is -1.78. The van der Waals surface area contributed by atoms with Gasteiger partial charge in [0, 0.05) is 17.5 Å². The minimum atomic E-state index is -0.570. The van der Waals surface area contributed by atoms with Gasteiger partial charge in [-0.05, 0) is 29.8 Å². The highest BCUT2D eigenvalue weighted by Gasteiger charge is 2.18. The summed E-state index contributed by atoms with van der Waals surface area (Å²) < 4.78 is 18.6. The van der Waals surface area contributed by atoms with Crippen molar-refractivity contribution in [2.75, 3.05) is 0 Å². The van der Waals surface area contributed by atoms with Crippen LogP contribution in [0.2, 0.25) is 5.02 Å². The molecule has 0 radical (unpaired) electrons. The summed E-state index contributed by atoms with van der Waals surface area (Å²) in [5.41, 5.74) is 0.945. The molecule has 0 spiro atoms. The molecule has 0 amide bonds. The number of carbonyl (C=O) groups excluding carboxylic acids is 2. The van der Waals surface area contributed by atoms with Crippen LogP contribution >= 0.6 is 11.6 Å². The molecule has 0 saturated heterocycles. The third-order valence-corrected chi connectivity index (χ3v) is 3.46. The quantitative estimate of drug-likeness (QED) is 0.460. The Morgan fingerprint density at radius 2 is 1.78 bits per heavy atom. The van der Waals surface area contributed by atoms with E-state index in [1.807, 2.05) is 0 Å². The Hall–Kier alpha value is -2.20. The Balaban J connectivity index is 2.25. The third-order valence-electron chi connectivity index (χ3n) is 3.20. The number of ketones is 1.